The Kier molecular flexibility index (Phi) is 10.8. The van der Waals surface area contributed by atoms with Crippen molar-refractivity contribution in [1.82, 2.24) is 20.2 Å². The Morgan fingerprint density at radius 3 is 2.57 bits per heavy atom. The number of carbonyl (C=O) groups excluding carboxylic acids is 2. The lowest BCUT2D eigenvalue weighted by Crippen LogP contribution is -2.45. The summed E-state index contributed by atoms with van der Waals surface area (Å²) in [5, 5.41) is 12.6. The van der Waals surface area contributed by atoms with E-state index >= 15 is 8.78 Å². The zero-order valence-corrected chi connectivity index (χ0v) is 24.4. The number of benzene rings is 1. The minimum Gasteiger partial charge on any atom is -0.505 e. The van der Waals surface area contributed by atoms with Gasteiger partial charge >= 0.3 is 0 Å². The van der Waals surface area contributed by atoms with Crippen LogP contribution in [0.1, 0.15) is 49.9 Å². The van der Waals surface area contributed by atoms with E-state index in [1.807, 2.05) is 32.6 Å². The smallest absolute Gasteiger partial charge is 0.219 e. The molecule has 0 saturated heterocycles. The third-order valence-electron chi connectivity index (χ3n) is 6.79. The van der Waals surface area contributed by atoms with Crippen molar-refractivity contribution in [1.29, 1.82) is 0 Å². The second kappa shape index (κ2) is 14.3. The molecule has 0 aliphatic rings. The van der Waals surface area contributed by atoms with E-state index in [1.165, 1.54) is 24.1 Å². The van der Waals surface area contributed by atoms with Crippen molar-refractivity contribution in [3.8, 4) is 17.0 Å². The molecular weight excluding hydrogens is 542 g/mol. The van der Waals surface area contributed by atoms with Crippen LogP contribution in [0, 0.1) is 18.6 Å². The van der Waals surface area contributed by atoms with Crippen molar-refractivity contribution < 1.29 is 23.5 Å². The van der Waals surface area contributed by atoms with E-state index < -0.39 is 23.1 Å². The maximum atomic E-state index is 15.9. The average molecular weight is 579 g/mol. The zero-order chi connectivity index (χ0) is 31.0. The number of halogens is 2. The Morgan fingerprint density at radius 1 is 1.21 bits per heavy atom. The molecule has 0 radical (unpaired) electrons. The van der Waals surface area contributed by atoms with Crippen LogP contribution in [0.2, 0.25) is 0 Å². The van der Waals surface area contributed by atoms with Gasteiger partial charge in [0.15, 0.2) is 17.4 Å². The first kappa shape index (κ1) is 31.9. The number of rotatable bonds is 13. The number of amidine groups is 1. The molecule has 3 aromatic rings. The summed E-state index contributed by atoms with van der Waals surface area (Å²) in [5.41, 5.74) is 1.25. The standard InChI is InChI=1S/C31H36F2N6O3/c1-7-8-14-38(21(5)16-35-17-40)30(34-6)23-15-24(32)28(22-10-9-11-25(42)26(22)33)37-31(23)39(18-41)29-20(4)12-13-36-27(29)19(2)3/h7,9-13,15,17-19,21,42H,1,8,14,16H2,2-6H3,(H,35,40). The van der Waals surface area contributed by atoms with Gasteiger partial charge in [0.05, 0.1) is 16.9 Å². The molecule has 11 heteroatoms. The first-order valence-electron chi connectivity index (χ1n) is 13.5. The minimum absolute atomic E-state index is 0.0121. The number of aromatic nitrogens is 2. The van der Waals surface area contributed by atoms with E-state index in [2.05, 4.69) is 26.9 Å². The van der Waals surface area contributed by atoms with Crippen LogP contribution in [-0.2, 0) is 9.59 Å². The molecule has 1 unspecified atom stereocenters. The quantitative estimate of drug-likeness (QED) is 0.124. The summed E-state index contributed by atoms with van der Waals surface area (Å²) in [6, 6.07) is 6.41. The SMILES string of the molecule is C=CCCN(C(=NC)c1cc(F)c(-c2cccc(O)c2F)nc1N(C=O)c1c(C)ccnc1C(C)C)C(C)CNC=O. The maximum absolute atomic E-state index is 15.9. The lowest BCUT2D eigenvalue weighted by Gasteiger charge is -2.34. The molecule has 222 valence electrons. The molecule has 2 amide bonds. The van der Waals surface area contributed by atoms with Crippen LogP contribution in [0.4, 0.5) is 20.3 Å². The van der Waals surface area contributed by atoms with Gasteiger partial charge in [-0.15, -0.1) is 6.58 Å². The van der Waals surface area contributed by atoms with Crippen LogP contribution in [0.5, 0.6) is 5.75 Å². The topological polar surface area (TPSA) is 111 Å². The fourth-order valence-electron chi connectivity index (χ4n) is 4.73. The molecule has 1 aromatic carbocycles. The zero-order valence-electron chi connectivity index (χ0n) is 24.4. The number of hydrogen-bond acceptors (Lipinski definition) is 6. The van der Waals surface area contributed by atoms with Crippen LogP contribution in [0.25, 0.3) is 11.3 Å². The summed E-state index contributed by atoms with van der Waals surface area (Å²) in [6.45, 7) is 12.0. The lowest BCUT2D eigenvalue weighted by molar-refractivity contribution is -0.109. The van der Waals surface area contributed by atoms with Crippen molar-refractivity contribution >= 4 is 30.2 Å². The Morgan fingerprint density at radius 2 is 1.95 bits per heavy atom. The van der Waals surface area contributed by atoms with Crippen molar-refractivity contribution in [3.05, 3.63) is 77.6 Å². The molecule has 3 rings (SSSR count). The first-order valence-corrected chi connectivity index (χ1v) is 13.5. The molecule has 0 saturated carbocycles. The highest BCUT2D eigenvalue weighted by Crippen LogP contribution is 2.38. The second-order valence-electron chi connectivity index (χ2n) is 10.0. The minimum atomic E-state index is -1.05. The Hall–Kier alpha value is -4.67. The number of pyridine rings is 2. The summed E-state index contributed by atoms with van der Waals surface area (Å²) in [5.74, 6) is -2.42. The van der Waals surface area contributed by atoms with Gasteiger partial charge in [0.25, 0.3) is 0 Å². The van der Waals surface area contributed by atoms with Gasteiger partial charge in [0.2, 0.25) is 12.8 Å². The third-order valence-corrected chi connectivity index (χ3v) is 6.79. The summed E-state index contributed by atoms with van der Waals surface area (Å²) in [6.07, 6.45) is 5.05. The number of nitrogens with one attached hydrogen (secondary N) is 1. The van der Waals surface area contributed by atoms with E-state index in [0.29, 0.717) is 48.6 Å². The number of anilines is 2. The molecule has 9 nitrogen and oxygen atoms in total. The molecule has 2 N–H and O–H groups in total. The number of aliphatic imine (C=N–C) groups is 1. The number of aryl methyl sites for hydroxylation is 1. The number of nitrogens with zero attached hydrogens (tertiary/aromatic N) is 5. The number of phenolic OH excluding ortho intramolecular Hbond substituents is 1. The van der Waals surface area contributed by atoms with E-state index in [0.717, 1.165) is 12.1 Å². The summed E-state index contributed by atoms with van der Waals surface area (Å²) < 4.78 is 31.0. The predicted molar refractivity (Wildman–Crippen MR) is 160 cm³/mol. The van der Waals surface area contributed by atoms with E-state index in [9.17, 15) is 14.7 Å². The Labute approximate surface area is 244 Å². The summed E-state index contributed by atoms with van der Waals surface area (Å²) in [7, 11) is 1.53. The van der Waals surface area contributed by atoms with Crippen LogP contribution in [-0.4, -0.2) is 64.8 Å². The lowest BCUT2D eigenvalue weighted by atomic mass is 10.0. The maximum Gasteiger partial charge on any atom is 0.219 e. The van der Waals surface area contributed by atoms with Crippen LogP contribution in [0.15, 0.2) is 54.2 Å². The van der Waals surface area contributed by atoms with Crippen LogP contribution < -0.4 is 10.2 Å². The normalized spacial score (nSPS) is 12.1. The van der Waals surface area contributed by atoms with Crippen molar-refractivity contribution in [2.75, 3.05) is 25.0 Å². The number of phenols is 1. The predicted octanol–water partition coefficient (Wildman–Crippen LogP) is 5.24. The molecule has 2 heterocycles. The molecule has 42 heavy (non-hydrogen) atoms. The molecule has 0 aliphatic carbocycles. The van der Waals surface area contributed by atoms with Crippen LogP contribution in [0.3, 0.4) is 0 Å². The van der Waals surface area contributed by atoms with Gasteiger partial charge in [0.1, 0.15) is 17.3 Å². The number of hydrogen-bond donors (Lipinski definition) is 2. The molecule has 0 bridgehead atoms. The summed E-state index contributed by atoms with van der Waals surface area (Å²) >= 11 is 0. The molecular formula is C31H36F2N6O3. The molecule has 0 spiro atoms. The van der Waals surface area contributed by atoms with Gasteiger partial charge in [-0.1, -0.05) is 26.0 Å². The average Bonchev–Trinajstić information content (AvgIpc) is 2.97. The molecule has 0 aliphatic heterocycles. The van der Waals surface area contributed by atoms with Gasteiger partial charge < -0.3 is 15.3 Å². The number of amides is 2. The largest absolute Gasteiger partial charge is 0.505 e. The van der Waals surface area contributed by atoms with Gasteiger partial charge in [0, 0.05) is 37.9 Å². The fraction of sp³-hybridized carbons (Fsp3) is 0.323. The molecule has 0 fully saturated rings. The van der Waals surface area contributed by atoms with Gasteiger partial charge in [-0.25, -0.2) is 13.8 Å². The Balaban J connectivity index is 2.41. The highest BCUT2D eigenvalue weighted by molar-refractivity contribution is 6.06. The van der Waals surface area contributed by atoms with Crippen LogP contribution >= 0.6 is 0 Å². The Bertz CT molecular complexity index is 1480. The van der Waals surface area contributed by atoms with E-state index in [1.54, 1.807) is 18.3 Å². The van der Waals surface area contributed by atoms with Crippen molar-refractivity contribution in [3.63, 3.8) is 0 Å². The third kappa shape index (κ3) is 6.62. The first-order chi connectivity index (χ1) is 20.1. The highest BCUT2D eigenvalue weighted by atomic mass is 19.1. The van der Waals surface area contributed by atoms with E-state index in [-0.39, 0.29) is 35.4 Å². The molecule has 1 atom stereocenters. The monoisotopic (exact) mass is 578 g/mol. The van der Waals surface area contributed by atoms with Crippen molar-refractivity contribution in [2.24, 2.45) is 4.99 Å². The molecule has 2 aromatic heterocycles. The fourth-order valence-corrected chi connectivity index (χ4v) is 4.73. The van der Waals surface area contributed by atoms with Gasteiger partial charge in [-0.3, -0.25) is 24.5 Å². The van der Waals surface area contributed by atoms with Gasteiger partial charge in [-0.2, -0.15) is 0 Å². The summed E-state index contributed by atoms with van der Waals surface area (Å²) in [4.78, 5) is 40.6. The van der Waals surface area contributed by atoms with Crippen molar-refractivity contribution in [2.45, 2.75) is 46.1 Å². The number of aromatic hydroxyl groups is 1. The van der Waals surface area contributed by atoms with E-state index in [4.69, 9.17) is 0 Å². The second-order valence-corrected chi connectivity index (χ2v) is 10.0. The van der Waals surface area contributed by atoms with Gasteiger partial charge in [-0.05, 0) is 56.0 Å². The highest BCUT2D eigenvalue weighted by Gasteiger charge is 2.30. The number of carbonyl (C=O) groups is 2.